The fourth-order valence-electron chi connectivity index (χ4n) is 2.80. The molecule has 0 saturated carbocycles. The molecular formula is C16H23BrClFN2O3S. The number of rotatable bonds is 8. The van der Waals surface area contributed by atoms with Crippen molar-refractivity contribution in [1.29, 1.82) is 0 Å². The fourth-order valence-corrected chi connectivity index (χ4v) is 3.87. The van der Waals surface area contributed by atoms with E-state index >= 15 is 0 Å². The van der Waals surface area contributed by atoms with Gasteiger partial charge < -0.3 is 4.90 Å². The Morgan fingerprint density at radius 1 is 1.28 bits per heavy atom. The molecule has 2 rings (SSSR count). The van der Waals surface area contributed by atoms with Crippen molar-refractivity contribution >= 4 is 43.3 Å². The molecule has 1 aliphatic rings. The zero-order valence-electron chi connectivity index (χ0n) is 14.2. The molecule has 0 aromatic heterocycles. The van der Waals surface area contributed by atoms with Gasteiger partial charge in [0.2, 0.25) is 0 Å². The van der Waals surface area contributed by atoms with Gasteiger partial charge in [0, 0.05) is 42.9 Å². The van der Waals surface area contributed by atoms with Crippen LogP contribution in [0.25, 0.3) is 0 Å². The monoisotopic (exact) mass is 456 g/mol. The minimum absolute atomic E-state index is 0.179. The summed E-state index contributed by atoms with van der Waals surface area (Å²) < 4.78 is 40.1. The molecule has 9 heteroatoms. The van der Waals surface area contributed by atoms with E-state index in [9.17, 15) is 12.8 Å². The van der Waals surface area contributed by atoms with Crippen molar-refractivity contribution in [2.75, 3.05) is 57.2 Å². The molecule has 5 nitrogen and oxygen atoms in total. The molecule has 0 N–H and O–H groups in total. The van der Waals surface area contributed by atoms with Crippen LogP contribution in [-0.4, -0.2) is 65.6 Å². The minimum Gasteiger partial charge on any atom is -0.369 e. The molecule has 0 spiro atoms. The number of benzene rings is 1. The van der Waals surface area contributed by atoms with Crippen molar-refractivity contribution in [3.05, 3.63) is 27.2 Å². The van der Waals surface area contributed by atoms with Crippen LogP contribution in [0.2, 0.25) is 5.02 Å². The average molecular weight is 458 g/mol. The van der Waals surface area contributed by atoms with Crippen molar-refractivity contribution in [2.24, 2.45) is 0 Å². The molecule has 1 aliphatic heterocycles. The number of piperazine rings is 1. The third kappa shape index (κ3) is 6.67. The lowest BCUT2D eigenvalue weighted by Crippen LogP contribution is -2.47. The summed E-state index contributed by atoms with van der Waals surface area (Å²) in [5.74, 6) is 0. The van der Waals surface area contributed by atoms with E-state index in [2.05, 4.69) is 25.7 Å². The summed E-state index contributed by atoms with van der Waals surface area (Å²) in [5, 5.41) is 0.647. The zero-order valence-corrected chi connectivity index (χ0v) is 17.3. The van der Waals surface area contributed by atoms with Crippen LogP contribution in [0.15, 0.2) is 16.6 Å². The third-order valence-corrected chi connectivity index (χ3v) is 6.01. The summed E-state index contributed by atoms with van der Waals surface area (Å²) in [4.78, 5) is 4.44. The predicted octanol–water partition coefficient (Wildman–Crippen LogP) is 3.10. The standard InChI is InChI=1S/C16H23BrClFN2O3S/c1-25(22,23)24-10-9-20-5-7-21(8-6-20)14-11-13(3-2-4-19)16(18)15(17)12-14/h11-12H,2-10H2,1H3. The Hall–Kier alpha value is -0.410. The minimum atomic E-state index is -3.38. The van der Waals surface area contributed by atoms with Gasteiger partial charge in [-0.25, -0.2) is 0 Å². The van der Waals surface area contributed by atoms with Crippen LogP contribution in [0.3, 0.4) is 0 Å². The van der Waals surface area contributed by atoms with E-state index < -0.39 is 10.1 Å². The van der Waals surface area contributed by atoms with Crippen LogP contribution >= 0.6 is 27.5 Å². The summed E-state index contributed by atoms with van der Waals surface area (Å²) in [5.41, 5.74) is 2.02. The lowest BCUT2D eigenvalue weighted by molar-refractivity contribution is 0.204. The Morgan fingerprint density at radius 3 is 2.56 bits per heavy atom. The maximum absolute atomic E-state index is 12.5. The van der Waals surface area contributed by atoms with Crippen LogP contribution in [0.4, 0.5) is 10.1 Å². The van der Waals surface area contributed by atoms with Gasteiger partial charge in [-0.15, -0.1) is 0 Å². The topological polar surface area (TPSA) is 49.9 Å². The zero-order chi connectivity index (χ0) is 18.4. The molecule has 0 atom stereocenters. The van der Waals surface area contributed by atoms with Gasteiger partial charge in [-0.2, -0.15) is 8.42 Å². The quantitative estimate of drug-likeness (QED) is 0.562. The van der Waals surface area contributed by atoms with Gasteiger partial charge in [0.25, 0.3) is 10.1 Å². The van der Waals surface area contributed by atoms with Crippen LogP contribution in [-0.2, 0) is 20.7 Å². The van der Waals surface area contributed by atoms with Crippen LogP contribution in [0.5, 0.6) is 0 Å². The number of alkyl halides is 1. The third-order valence-electron chi connectivity index (χ3n) is 4.11. The molecule has 25 heavy (non-hydrogen) atoms. The molecule has 0 aliphatic carbocycles. The largest absolute Gasteiger partial charge is 0.369 e. The molecule has 0 radical (unpaired) electrons. The first kappa shape index (κ1) is 20.9. The first-order valence-electron chi connectivity index (χ1n) is 8.16. The SMILES string of the molecule is CS(=O)(=O)OCCN1CCN(c2cc(Br)c(Cl)c(CCCF)c2)CC1. The maximum atomic E-state index is 12.5. The van der Waals surface area contributed by atoms with Gasteiger partial charge in [-0.3, -0.25) is 13.5 Å². The van der Waals surface area contributed by atoms with E-state index in [1.54, 1.807) is 0 Å². The maximum Gasteiger partial charge on any atom is 0.264 e. The molecule has 1 aromatic carbocycles. The summed E-state index contributed by atoms with van der Waals surface area (Å²) in [6.45, 7) is 3.73. The van der Waals surface area contributed by atoms with Crippen molar-refractivity contribution in [3.63, 3.8) is 0 Å². The number of hydrogen-bond acceptors (Lipinski definition) is 5. The molecule has 0 unspecified atom stereocenters. The van der Waals surface area contributed by atoms with Crippen molar-refractivity contribution in [1.82, 2.24) is 4.90 Å². The highest BCUT2D eigenvalue weighted by Crippen LogP contribution is 2.33. The first-order chi connectivity index (χ1) is 11.8. The Balaban J connectivity index is 1.92. The second-order valence-corrected chi connectivity index (χ2v) is 8.92. The second-order valence-electron chi connectivity index (χ2n) is 6.05. The second kappa shape index (κ2) is 9.50. The number of anilines is 1. The molecule has 1 fully saturated rings. The predicted molar refractivity (Wildman–Crippen MR) is 103 cm³/mol. The molecule has 1 heterocycles. The van der Waals surface area contributed by atoms with Crippen molar-refractivity contribution in [2.45, 2.75) is 12.8 Å². The Bertz CT molecular complexity index is 682. The van der Waals surface area contributed by atoms with E-state index in [1.807, 2.05) is 12.1 Å². The highest BCUT2D eigenvalue weighted by molar-refractivity contribution is 9.10. The fraction of sp³-hybridized carbons (Fsp3) is 0.625. The molecule has 1 aromatic rings. The van der Waals surface area contributed by atoms with Gasteiger partial charge >= 0.3 is 0 Å². The number of aryl methyl sites for hydroxylation is 1. The molecule has 0 amide bonds. The van der Waals surface area contributed by atoms with Gasteiger partial charge in [0.15, 0.2) is 0 Å². The van der Waals surface area contributed by atoms with Gasteiger partial charge in [0.1, 0.15) is 0 Å². The average Bonchev–Trinajstić information content (AvgIpc) is 2.55. The van der Waals surface area contributed by atoms with Gasteiger partial charge in [0.05, 0.1) is 24.6 Å². The number of nitrogens with zero attached hydrogens (tertiary/aromatic N) is 2. The van der Waals surface area contributed by atoms with E-state index in [0.717, 1.165) is 48.2 Å². The number of hydrogen-bond donors (Lipinski definition) is 0. The smallest absolute Gasteiger partial charge is 0.264 e. The van der Waals surface area contributed by atoms with Crippen molar-refractivity contribution < 1.29 is 17.0 Å². The van der Waals surface area contributed by atoms with E-state index in [0.29, 0.717) is 24.4 Å². The highest BCUT2D eigenvalue weighted by atomic mass is 79.9. The van der Waals surface area contributed by atoms with Crippen LogP contribution in [0.1, 0.15) is 12.0 Å². The molecule has 142 valence electrons. The normalized spacial score (nSPS) is 16.4. The van der Waals surface area contributed by atoms with Crippen LogP contribution in [0, 0.1) is 0 Å². The summed E-state index contributed by atoms with van der Waals surface area (Å²) in [7, 11) is -3.38. The number of halogens is 3. The summed E-state index contributed by atoms with van der Waals surface area (Å²) in [6, 6.07) is 4.02. The Morgan fingerprint density at radius 2 is 1.96 bits per heavy atom. The first-order valence-corrected chi connectivity index (χ1v) is 11.1. The lowest BCUT2D eigenvalue weighted by Gasteiger charge is -2.36. The summed E-state index contributed by atoms with van der Waals surface area (Å²) >= 11 is 9.78. The Kier molecular flexibility index (Phi) is 7.94. The van der Waals surface area contributed by atoms with E-state index in [1.165, 1.54) is 0 Å². The molecule has 1 saturated heterocycles. The summed E-state index contributed by atoms with van der Waals surface area (Å²) in [6.07, 6.45) is 2.14. The lowest BCUT2D eigenvalue weighted by atomic mass is 10.1. The van der Waals surface area contributed by atoms with Gasteiger partial charge in [-0.1, -0.05) is 11.6 Å². The molecule has 0 bridgehead atoms. The Labute approximate surface area is 162 Å². The van der Waals surface area contributed by atoms with E-state index in [4.69, 9.17) is 15.8 Å². The molecular weight excluding hydrogens is 435 g/mol. The van der Waals surface area contributed by atoms with E-state index in [-0.39, 0.29) is 13.3 Å². The van der Waals surface area contributed by atoms with Gasteiger partial charge in [-0.05, 0) is 46.5 Å². The van der Waals surface area contributed by atoms with Crippen LogP contribution < -0.4 is 4.90 Å². The van der Waals surface area contributed by atoms with Crippen molar-refractivity contribution in [3.8, 4) is 0 Å². The highest BCUT2D eigenvalue weighted by Gasteiger charge is 2.19.